The molecule has 28 heavy (non-hydrogen) atoms. The molecule has 2 aromatic rings. The van der Waals surface area contributed by atoms with Gasteiger partial charge in [0.25, 0.3) is 5.91 Å². The van der Waals surface area contributed by atoms with Crippen molar-refractivity contribution in [3.8, 4) is 5.69 Å². The summed E-state index contributed by atoms with van der Waals surface area (Å²) in [6.45, 7) is 5.11. The lowest BCUT2D eigenvalue weighted by molar-refractivity contribution is -0.147. The van der Waals surface area contributed by atoms with Gasteiger partial charge in [0, 0.05) is 47.7 Å². The van der Waals surface area contributed by atoms with Gasteiger partial charge in [-0.05, 0) is 66.8 Å². The molecule has 1 aliphatic rings. The molecule has 0 spiro atoms. The van der Waals surface area contributed by atoms with Crippen molar-refractivity contribution in [3.05, 3.63) is 51.9 Å². The summed E-state index contributed by atoms with van der Waals surface area (Å²) in [5, 5.41) is 2.61. The lowest BCUT2D eigenvalue weighted by atomic mass is 10.2. The zero-order valence-corrected chi connectivity index (χ0v) is 18.0. The van der Waals surface area contributed by atoms with E-state index in [2.05, 4.69) is 27.9 Å². The highest BCUT2D eigenvalue weighted by molar-refractivity contribution is 14.1. The van der Waals surface area contributed by atoms with E-state index >= 15 is 0 Å². The molecular weight excluding hydrogens is 471 g/mol. The smallest absolute Gasteiger partial charge is 0.312 e. The highest BCUT2D eigenvalue weighted by Gasteiger charge is 2.29. The molecule has 3 amide bonds. The molecular formula is C20H23IN4O3. The molecule has 0 unspecified atom stereocenters. The van der Waals surface area contributed by atoms with Crippen molar-refractivity contribution in [1.29, 1.82) is 0 Å². The Bertz CT molecular complexity index is 885. The zero-order chi connectivity index (χ0) is 20.3. The summed E-state index contributed by atoms with van der Waals surface area (Å²) >= 11 is 2.24. The van der Waals surface area contributed by atoms with Gasteiger partial charge in [-0.2, -0.15) is 0 Å². The van der Waals surface area contributed by atoms with Crippen LogP contribution in [0.3, 0.4) is 0 Å². The highest BCUT2D eigenvalue weighted by atomic mass is 127. The largest absolute Gasteiger partial charge is 0.346 e. The highest BCUT2D eigenvalue weighted by Crippen LogP contribution is 2.18. The first-order valence-electron chi connectivity index (χ1n) is 9.19. The van der Waals surface area contributed by atoms with Crippen LogP contribution in [0.4, 0.5) is 0 Å². The van der Waals surface area contributed by atoms with E-state index < -0.39 is 11.8 Å². The Kier molecular flexibility index (Phi) is 6.38. The van der Waals surface area contributed by atoms with E-state index in [9.17, 15) is 14.4 Å². The van der Waals surface area contributed by atoms with E-state index in [-0.39, 0.29) is 11.9 Å². The molecule has 1 aromatic carbocycles. The van der Waals surface area contributed by atoms with Crippen LogP contribution in [0.5, 0.6) is 0 Å². The number of piperazine rings is 1. The molecule has 0 atom stereocenters. The number of amides is 3. The summed E-state index contributed by atoms with van der Waals surface area (Å²) in [5.74, 6) is -1.21. The minimum Gasteiger partial charge on any atom is -0.346 e. The van der Waals surface area contributed by atoms with E-state index in [1.54, 1.807) is 11.0 Å². The number of nitrogens with zero attached hydrogens (tertiary/aromatic N) is 3. The second-order valence-electron chi connectivity index (χ2n) is 6.96. The van der Waals surface area contributed by atoms with Gasteiger partial charge < -0.3 is 19.7 Å². The average Bonchev–Trinajstić information content (AvgIpc) is 3.16. The third-order valence-electron chi connectivity index (χ3n) is 4.52. The van der Waals surface area contributed by atoms with E-state index in [0.717, 1.165) is 9.26 Å². The number of carbonyl (C=O) groups excluding carboxylic acids is 3. The van der Waals surface area contributed by atoms with Gasteiger partial charge in [-0.25, -0.2) is 0 Å². The molecule has 7 nitrogen and oxygen atoms in total. The lowest BCUT2D eigenvalue weighted by Crippen LogP contribution is -2.54. The van der Waals surface area contributed by atoms with E-state index in [1.807, 2.05) is 54.9 Å². The number of halogens is 1. The van der Waals surface area contributed by atoms with Gasteiger partial charge in [0.1, 0.15) is 5.69 Å². The standard InChI is InChI=1S/C20H23IN4O3/c1-14(2)22-18(26)20(28)24-11-9-23(10-12-24)19(27)17-7-4-8-25(17)16-6-3-5-15(21)13-16/h3-8,13-14H,9-12H2,1-2H3,(H,22,26). The third-order valence-corrected chi connectivity index (χ3v) is 5.19. The minimum absolute atomic E-state index is 0.0809. The summed E-state index contributed by atoms with van der Waals surface area (Å²) in [7, 11) is 0. The average molecular weight is 494 g/mol. The van der Waals surface area contributed by atoms with Crippen molar-refractivity contribution in [1.82, 2.24) is 19.7 Å². The predicted octanol–water partition coefficient (Wildman–Crippen LogP) is 1.89. The quantitative estimate of drug-likeness (QED) is 0.524. The molecule has 0 bridgehead atoms. The van der Waals surface area contributed by atoms with Gasteiger partial charge in [0.2, 0.25) is 0 Å². The summed E-state index contributed by atoms with van der Waals surface area (Å²) in [4.78, 5) is 40.4. The molecule has 0 saturated carbocycles. The normalized spacial score (nSPS) is 14.3. The Labute approximate surface area is 177 Å². The second-order valence-corrected chi connectivity index (χ2v) is 8.20. The van der Waals surface area contributed by atoms with Gasteiger partial charge in [0.15, 0.2) is 0 Å². The van der Waals surface area contributed by atoms with Crippen LogP contribution in [-0.2, 0) is 9.59 Å². The van der Waals surface area contributed by atoms with Crippen LogP contribution in [0.15, 0.2) is 42.6 Å². The van der Waals surface area contributed by atoms with Crippen LogP contribution in [0.25, 0.3) is 5.69 Å². The molecule has 1 aromatic heterocycles. The minimum atomic E-state index is -0.595. The fraction of sp³-hybridized carbons (Fsp3) is 0.350. The molecule has 1 aliphatic heterocycles. The summed E-state index contributed by atoms with van der Waals surface area (Å²) in [5.41, 5.74) is 1.51. The Morgan fingerprint density at radius 3 is 2.32 bits per heavy atom. The first-order chi connectivity index (χ1) is 13.4. The number of rotatable bonds is 3. The molecule has 148 valence electrons. The molecule has 3 rings (SSSR count). The summed E-state index contributed by atoms with van der Waals surface area (Å²) < 4.78 is 2.96. The second kappa shape index (κ2) is 8.76. The van der Waals surface area contributed by atoms with Gasteiger partial charge in [-0.1, -0.05) is 6.07 Å². The van der Waals surface area contributed by atoms with Crippen molar-refractivity contribution >= 4 is 40.3 Å². The number of nitrogens with one attached hydrogen (secondary N) is 1. The van der Waals surface area contributed by atoms with Gasteiger partial charge >= 0.3 is 11.8 Å². The molecule has 1 saturated heterocycles. The zero-order valence-electron chi connectivity index (χ0n) is 15.9. The molecule has 1 N–H and O–H groups in total. The van der Waals surface area contributed by atoms with Crippen molar-refractivity contribution < 1.29 is 14.4 Å². The Morgan fingerprint density at radius 1 is 1.00 bits per heavy atom. The summed E-state index contributed by atoms with van der Waals surface area (Å²) in [6, 6.07) is 11.5. The van der Waals surface area contributed by atoms with Crippen LogP contribution in [0.1, 0.15) is 24.3 Å². The Hall–Kier alpha value is -2.36. The predicted molar refractivity (Wildman–Crippen MR) is 114 cm³/mol. The maximum atomic E-state index is 13.0. The van der Waals surface area contributed by atoms with E-state index in [1.165, 1.54) is 4.90 Å². The first-order valence-corrected chi connectivity index (χ1v) is 10.3. The van der Waals surface area contributed by atoms with Crippen molar-refractivity contribution in [2.75, 3.05) is 26.2 Å². The SMILES string of the molecule is CC(C)NC(=O)C(=O)N1CCN(C(=O)c2cccn2-c2cccc(I)c2)CC1. The number of hydrogen-bond donors (Lipinski definition) is 1. The number of hydrogen-bond acceptors (Lipinski definition) is 3. The number of aromatic nitrogens is 1. The van der Waals surface area contributed by atoms with Crippen molar-refractivity contribution in [3.63, 3.8) is 0 Å². The van der Waals surface area contributed by atoms with Crippen LogP contribution < -0.4 is 5.32 Å². The molecule has 1 fully saturated rings. The van der Waals surface area contributed by atoms with Crippen LogP contribution in [0.2, 0.25) is 0 Å². The Balaban J connectivity index is 1.66. The van der Waals surface area contributed by atoms with Gasteiger partial charge in [-0.3, -0.25) is 14.4 Å². The lowest BCUT2D eigenvalue weighted by Gasteiger charge is -2.34. The number of benzene rings is 1. The molecule has 0 aliphatic carbocycles. The van der Waals surface area contributed by atoms with Crippen LogP contribution in [-0.4, -0.2) is 64.3 Å². The molecule has 0 radical (unpaired) electrons. The van der Waals surface area contributed by atoms with Crippen LogP contribution in [0, 0.1) is 3.57 Å². The van der Waals surface area contributed by atoms with Gasteiger partial charge in [0.05, 0.1) is 0 Å². The topological polar surface area (TPSA) is 74.7 Å². The summed E-state index contributed by atoms with van der Waals surface area (Å²) in [6.07, 6.45) is 1.87. The van der Waals surface area contributed by atoms with Crippen LogP contribution >= 0.6 is 22.6 Å². The fourth-order valence-electron chi connectivity index (χ4n) is 3.15. The van der Waals surface area contributed by atoms with E-state index in [0.29, 0.717) is 31.9 Å². The fourth-order valence-corrected chi connectivity index (χ4v) is 3.68. The molecule has 2 heterocycles. The van der Waals surface area contributed by atoms with Crippen molar-refractivity contribution in [2.45, 2.75) is 19.9 Å². The van der Waals surface area contributed by atoms with E-state index in [4.69, 9.17) is 0 Å². The maximum Gasteiger partial charge on any atom is 0.312 e. The monoisotopic (exact) mass is 494 g/mol. The first kappa shape index (κ1) is 20.4. The number of carbonyl (C=O) groups is 3. The van der Waals surface area contributed by atoms with Gasteiger partial charge in [-0.15, -0.1) is 0 Å². The van der Waals surface area contributed by atoms with Crippen molar-refractivity contribution in [2.24, 2.45) is 0 Å². The third kappa shape index (κ3) is 4.54. The Morgan fingerprint density at radius 2 is 1.68 bits per heavy atom. The molecule has 8 heteroatoms. The maximum absolute atomic E-state index is 13.0.